The summed E-state index contributed by atoms with van der Waals surface area (Å²) in [5.41, 5.74) is 0. The van der Waals surface area contributed by atoms with E-state index in [9.17, 15) is 18.0 Å². The van der Waals surface area contributed by atoms with Gasteiger partial charge in [0.2, 0.25) is 0 Å². The Morgan fingerprint density at radius 2 is 2.00 bits per heavy atom. The van der Waals surface area contributed by atoms with Crippen molar-refractivity contribution in [2.45, 2.75) is 19.3 Å². The van der Waals surface area contributed by atoms with Crippen molar-refractivity contribution in [1.29, 1.82) is 0 Å². The van der Waals surface area contributed by atoms with Crippen LogP contribution in [0.5, 0.6) is 0 Å². The molecule has 0 spiro atoms. The van der Waals surface area contributed by atoms with Crippen molar-refractivity contribution in [3.8, 4) is 0 Å². The minimum atomic E-state index is -3.10. The Kier molecular flexibility index (Phi) is 5.79. The zero-order valence-electron chi connectivity index (χ0n) is 11.8. The van der Waals surface area contributed by atoms with Crippen molar-refractivity contribution >= 4 is 21.8 Å². The number of nitrogens with zero attached hydrogens (tertiary/aromatic N) is 1. The minimum absolute atomic E-state index is 0.0419. The van der Waals surface area contributed by atoms with Crippen LogP contribution in [-0.2, 0) is 14.6 Å². The lowest BCUT2D eigenvalue weighted by atomic mass is 9.96. The van der Waals surface area contributed by atoms with Crippen LogP contribution in [0.3, 0.4) is 0 Å². The lowest BCUT2D eigenvalue weighted by molar-refractivity contribution is -0.142. The summed E-state index contributed by atoms with van der Waals surface area (Å²) in [5, 5.41) is 11.7. The molecule has 0 aromatic heterocycles. The molecular weight excluding hydrogens is 284 g/mol. The van der Waals surface area contributed by atoms with E-state index in [1.54, 1.807) is 0 Å². The molecule has 0 bridgehead atoms. The molecule has 1 rings (SSSR count). The Labute approximate surface area is 119 Å². The number of rotatable bonds is 6. The summed E-state index contributed by atoms with van der Waals surface area (Å²) in [5.74, 6) is -1.33. The van der Waals surface area contributed by atoms with E-state index in [-0.39, 0.29) is 24.2 Å². The number of carboxylic acid groups (broad SMARTS) is 1. The normalized spacial score (nSPS) is 22.5. The van der Waals surface area contributed by atoms with Gasteiger partial charge < -0.3 is 15.3 Å². The van der Waals surface area contributed by atoms with Gasteiger partial charge in [0.15, 0.2) is 0 Å². The van der Waals surface area contributed by atoms with Crippen LogP contribution < -0.4 is 5.32 Å². The summed E-state index contributed by atoms with van der Waals surface area (Å²) in [6.07, 6.45) is 3.43. The first-order valence-corrected chi connectivity index (χ1v) is 8.66. The molecule has 116 valence electrons. The molecule has 1 fully saturated rings. The van der Waals surface area contributed by atoms with Gasteiger partial charge in [0, 0.05) is 26.4 Å². The van der Waals surface area contributed by atoms with Gasteiger partial charge in [-0.1, -0.05) is 6.42 Å². The summed E-state index contributed by atoms with van der Waals surface area (Å²) in [6.45, 7) is 0.441. The van der Waals surface area contributed by atoms with Gasteiger partial charge in [0.05, 0.1) is 11.7 Å². The molecule has 0 heterocycles. The van der Waals surface area contributed by atoms with Crippen molar-refractivity contribution in [3.63, 3.8) is 0 Å². The highest BCUT2D eigenvalue weighted by Gasteiger charge is 2.33. The first-order valence-electron chi connectivity index (χ1n) is 6.60. The number of sulfone groups is 1. The highest BCUT2D eigenvalue weighted by Crippen LogP contribution is 2.31. The van der Waals surface area contributed by atoms with Crippen LogP contribution in [0.1, 0.15) is 19.3 Å². The van der Waals surface area contributed by atoms with Crippen LogP contribution in [0, 0.1) is 11.8 Å². The second-order valence-electron chi connectivity index (χ2n) is 5.37. The number of amides is 2. The van der Waals surface area contributed by atoms with Gasteiger partial charge >= 0.3 is 12.0 Å². The van der Waals surface area contributed by atoms with Crippen LogP contribution >= 0.6 is 0 Å². The predicted octanol–water partition coefficient (Wildman–Crippen LogP) is 0.173. The molecule has 0 aromatic carbocycles. The van der Waals surface area contributed by atoms with E-state index < -0.39 is 21.7 Å². The van der Waals surface area contributed by atoms with Gasteiger partial charge in [-0.25, -0.2) is 13.2 Å². The topological polar surface area (TPSA) is 104 Å². The van der Waals surface area contributed by atoms with Crippen LogP contribution in [0.15, 0.2) is 0 Å². The smallest absolute Gasteiger partial charge is 0.317 e. The molecule has 1 aliphatic rings. The highest BCUT2D eigenvalue weighted by atomic mass is 32.2. The third-order valence-electron chi connectivity index (χ3n) is 3.64. The predicted molar refractivity (Wildman–Crippen MR) is 74.2 cm³/mol. The van der Waals surface area contributed by atoms with Gasteiger partial charge in [-0.3, -0.25) is 4.79 Å². The second-order valence-corrected chi connectivity index (χ2v) is 7.63. The van der Waals surface area contributed by atoms with Crippen molar-refractivity contribution < 1.29 is 23.1 Å². The van der Waals surface area contributed by atoms with Crippen molar-refractivity contribution in [3.05, 3.63) is 0 Å². The summed E-state index contributed by atoms with van der Waals surface area (Å²) in [7, 11) is -1.59. The molecule has 0 aliphatic heterocycles. The molecule has 1 saturated carbocycles. The van der Waals surface area contributed by atoms with Crippen LogP contribution in [-0.4, -0.2) is 62.6 Å². The summed E-state index contributed by atoms with van der Waals surface area (Å²) >= 11 is 0. The van der Waals surface area contributed by atoms with Gasteiger partial charge in [-0.2, -0.15) is 0 Å². The molecule has 0 saturated heterocycles. The van der Waals surface area contributed by atoms with Gasteiger partial charge in [-0.05, 0) is 18.8 Å². The molecule has 2 amide bonds. The Hall–Kier alpha value is -1.31. The van der Waals surface area contributed by atoms with Crippen molar-refractivity contribution in [2.24, 2.45) is 11.8 Å². The number of hydrogen-bond acceptors (Lipinski definition) is 4. The van der Waals surface area contributed by atoms with Gasteiger partial charge in [0.25, 0.3) is 0 Å². The standard InChI is InChI=1S/C12H22N2O5S/c1-14(6-7-20(2,18)19)12(17)13-8-9-4-3-5-10(9)11(15)16/h9-10H,3-8H2,1-2H3,(H,13,17)(H,15,16). The molecule has 20 heavy (non-hydrogen) atoms. The first kappa shape index (κ1) is 16.7. The third kappa shape index (κ3) is 5.36. The van der Waals surface area contributed by atoms with Gasteiger partial charge in [-0.15, -0.1) is 0 Å². The van der Waals surface area contributed by atoms with E-state index in [1.165, 1.54) is 11.9 Å². The van der Waals surface area contributed by atoms with E-state index >= 15 is 0 Å². The van der Waals surface area contributed by atoms with E-state index in [0.29, 0.717) is 13.0 Å². The molecule has 8 heteroatoms. The SMILES string of the molecule is CN(CCS(C)(=O)=O)C(=O)NCC1CCCC1C(=O)O. The van der Waals surface area contributed by atoms with E-state index in [4.69, 9.17) is 5.11 Å². The Bertz CT molecular complexity index is 462. The minimum Gasteiger partial charge on any atom is -0.481 e. The highest BCUT2D eigenvalue weighted by molar-refractivity contribution is 7.90. The lowest BCUT2D eigenvalue weighted by Crippen LogP contribution is -2.42. The number of carbonyl (C=O) groups excluding carboxylic acids is 1. The number of aliphatic carboxylic acids is 1. The fourth-order valence-corrected chi connectivity index (χ4v) is 2.97. The van der Waals surface area contributed by atoms with E-state index in [1.807, 2.05) is 0 Å². The van der Waals surface area contributed by atoms with Crippen molar-refractivity contribution in [1.82, 2.24) is 10.2 Å². The molecule has 1 aliphatic carbocycles. The molecule has 2 N–H and O–H groups in total. The Balaban J connectivity index is 2.37. The Morgan fingerprint density at radius 3 is 2.55 bits per heavy atom. The number of urea groups is 1. The maximum Gasteiger partial charge on any atom is 0.317 e. The summed E-state index contributed by atoms with van der Waals surface area (Å²) in [4.78, 5) is 24.1. The van der Waals surface area contributed by atoms with Crippen LogP contribution in [0.25, 0.3) is 0 Å². The number of nitrogens with one attached hydrogen (secondary N) is 1. The lowest BCUT2D eigenvalue weighted by Gasteiger charge is -2.21. The maximum atomic E-state index is 11.8. The molecule has 2 unspecified atom stereocenters. The van der Waals surface area contributed by atoms with E-state index in [2.05, 4.69) is 5.32 Å². The van der Waals surface area contributed by atoms with Crippen molar-refractivity contribution in [2.75, 3.05) is 32.1 Å². The summed E-state index contributed by atoms with van der Waals surface area (Å²) in [6, 6.07) is -0.371. The first-order chi connectivity index (χ1) is 9.20. The zero-order valence-corrected chi connectivity index (χ0v) is 12.6. The molecule has 7 nitrogen and oxygen atoms in total. The third-order valence-corrected chi connectivity index (χ3v) is 4.56. The number of carbonyl (C=O) groups is 2. The fourth-order valence-electron chi connectivity index (χ4n) is 2.36. The average molecular weight is 306 g/mol. The fraction of sp³-hybridized carbons (Fsp3) is 0.833. The van der Waals surface area contributed by atoms with Crippen LogP contribution in [0.4, 0.5) is 4.79 Å². The number of carboxylic acids is 1. The molecule has 0 aromatic rings. The largest absolute Gasteiger partial charge is 0.481 e. The van der Waals surface area contributed by atoms with E-state index in [0.717, 1.165) is 19.1 Å². The molecule has 2 atom stereocenters. The molecular formula is C12H22N2O5S. The monoisotopic (exact) mass is 306 g/mol. The zero-order chi connectivity index (χ0) is 15.3. The average Bonchev–Trinajstić information content (AvgIpc) is 2.80. The summed E-state index contributed by atoms with van der Waals surface area (Å²) < 4.78 is 22.0. The maximum absolute atomic E-state index is 11.8. The number of hydrogen-bond donors (Lipinski definition) is 2. The van der Waals surface area contributed by atoms with Crippen LogP contribution in [0.2, 0.25) is 0 Å². The van der Waals surface area contributed by atoms with Gasteiger partial charge in [0.1, 0.15) is 9.84 Å². The second kappa shape index (κ2) is 6.92. The Morgan fingerprint density at radius 1 is 1.35 bits per heavy atom. The molecule has 0 radical (unpaired) electrons. The quantitative estimate of drug-likeness (QED) is 0.728.